The van der Waals surface area contributed by atoms with Crippen molar-refractivity contribution in [1.29, 1.82) is 0 Å². The monoisotopic (exact) mass is 489 g/mol. The van der Waals surface area contributed by atoms with Crippen molar-refractivity contribution in [2.75, 3.05) is 19.8 Å². The van der Waals surface area contributed by atoms with E-state index < -0.39 is 0 Å². The Morgan fingerprint density at radius 1 is 1.12 bits per heavy atom. The smallest absolute Gasteiger partial charge is 0.240 e. The molecule has 1 aliphatic heterocycles. The fraction of sp³-hybridized carbons (Fsp3) is 0.897. The van der Waals surface area contributed by atoms with Crippen LogP contribution in [-0.4, -0.2) is 47.5 Å². The summed E-state index contributed by atoms with van der Waals surface area (Å²) in [6, 6.07) is -0.111. The summed E-state index contributed by atoms with van der Waals surface area (Å²) in [5.41, 5.74) is 2.03. The fourth-order valence-corrected chi connectivity index (χ4v) is 9.05. The number of nitrogens with zero attached hydrogens (tertiary/aromatic N) is 1. The van der Waals surface area contributed by atoms with Crippen molar-refractivity contribution in [2.45, 2.75) is 109 Å². The van der Waals surface area contributed by atoms with Gasteiger partial charge in [0.25, 0.3) is 0 Å². The van der Waals surface area contributed by atoms with Crippen molar-refractivity contribution in [2.24, 2.45) is 35.0 Å². The van der Waals surface area contributed by atoms with Crippen LogP contribution in [0, 0.1) is 35.0 Å². The summed E-state index contributed by atoms with van der Waals surface area (Å²) in [5, 5.41) is 7.91. The van der Waals surface area contributed by atoms with E-state index >= 15 is 0 Å². The second-order valence-corrected chi connectivity index (χ2v) is 14.3. The Morgan fingerprint density at radius 3 is 2.29 bits per heavy atom. The van der Waals surface area contributed by atoms with Crippen LogP contribution in [0.4, 0.5) is 0 Å². The van der Waals surface area contributed by atoms with Crippen molar-refractivity contribution >= 4 is 17.5 Å². The van der Waals surface area contributed by atoms with Gasteiger partial charge >= 0.3 is 0 Å². The molecule has 3 atom stereocenters. The lowest BCUT2D eigenvalue weighted by Crippen LogP contribution is -2.62. The summed E-state index contributed by atoms with van der Waals surface area (Å²) in [6.45, 7) is 11.6. The first-order valence-corrected chi connectivity index (χ1v) is 14.7. The SMILES string of the molecule is CC(C)[C@@H](NCNC12CC3CC(CC(C3)C1)C2)C(=O)N1CCC(C2=CCC(Cl)CC2)C(C)(C)C1. The largest absolute Gasteiger partial charge is 0.341 e. The van der Waals surface area contributed by atoms with Crippen LogP contribution in [0.15, 0.2) is 11.6 Å². The molecule has 2 N–H and O–H groups in total. The van der Waals surface area contributed by atoms with Crippen LogP contribution in [0.2, 0.25) is 0 Å². The van der Waals surface area contributed by atoms with Crippen molar-refractivity contribution in [3.8, 4) is 0 Å². The van der Waals surface area contributed by atoms with E-state index in [9.17, 15) is 4.79 Å². The van der Waals surface area contributed by atoms with E-state index in [0.717, 1.165) is 63.2 Å². The number of carbonyl (C=O) groups is 1. The molecule has 0 aromatic rings. The van der Waals surface area contributed by atoms with E-state index in [-0.39, 0.29) is 17.4 Å². The number of nitrogens with one attached hydrogen (secondary N) is 2. The summed E-state index contributed by atoms with van der Waals surface area (Å²) in [7, 11) is 0. The summed E-state index contributed by atoms with van der Waals surface area (Å²) in [4.78, 5) is 15.9. The number of carbonyl (C=O) groups excluding carboxylic acids is 1. The normalized spacial score (nSPS) is 39.9. The molecule has 34 heavy (non-hydrogen) atoms. The van der Waals surface area contributed by atoms with E-state index in [4.69, 9.17) is 11.6 Å². The van der Waals surface area contributed by atoms with Gasteiger partial charge in [-0.2, -0.15) is 0 Å². The van der Waals surface area contributed by atoms with Crippen LogP contribution in [0.3, 0.4) is 0 Å². The summed E-state index contributed by atoms with van der Waals surface area (Å²) in [6.07, 6.45) is 15.2. The molecule has 5 heteroatoms. The number of hydrogen-bond donors (Lipinski definition) is 2. The molecule has 2 unspecified atom stereocenters. The molecule has 5 fully saturated rings. The Kier molecular flexibility index (Phi) is 7.16. The van der Waals surface area contributed by atoms with Crippen LogP contribution >= 0.6 is 11.6 Å². The number of halogens is 1. The maximum Gasteiger partial charge on any atom is 0.240 e. The minimum absolute atomic E-state index is 0.109. The molecule has 0 aromatic carbocycles. The first-order valence-electron chi connectivity index (χ1n) is 14.2. The zero-order chi connectivity index (χ0) is 24.1. The van der Waals surface area contributed by atoms with Gasteiger partial charge < -0.3 is 4.90 Å². The second kappa shape index (κ2) is 9.71. The number of amides is 1. The summed E-state index contributed by atoms with van der Waals surface area (Å²) < 4.78 is 0. The number of rotatable bonds is 7. The van der Waals surface area contributed by atoms with E-state index in [2.05, 4.69) is 49.3 Å². The average Bonchev–Trinajstić information content (AvgIpc) is 2.75. The Labute approximate surface area is 213 Å². The molecule has 6 aliphatic rings. The maximum absolute atomic E-state index is 13.7. The maximum atomic E-state index is 13.7. The number of piperidine rings is 1. The highest BCUT2D eigenvalue weighted by atomic mass is 35.5. The second-order valence-electron chi connectivity index (χ2n) is 13.7. The van der Waals surface area contributed by atoms with Crippen molar-refractivity contribution in [3.63, 3.8) is 0 Å². The Balaban J connectivity index is 1.17. The molecular weight excluding hydrogens is 442 g/mol. The third kappa shape index (κ3) is 5.11. The zero-order valence-corrected chi connectivity index (χ0v) is 22.8. The van der Waals surface area contributed by atoms with Gasteiger partial charge in [0, 0.05) is 30.7 Å². The van der Waals surface area contributed by atoms with Crippen LogP contribution in [-0.2, 0) is 4.79 Å². The quantitative estimate of drug-likeness (QED) is 0.273. The van der Waals surface area contributed by atoms with Crippen LogP contribution < -0.4 is 10.6 Å². The molecule has 4 nitrogen and oxygen atoms in total. The molecule has 4 saturated carbocycles. The lowest BCUT2D eigenvalue weighted by molar-refractivity contribution is -0.138. The molecule has 0 radical (unpaired) electrons. The summed E-state index contributed by atoms with van der Waals surface area (Å²) >= 11 is 6.34. The van der Waals surface area contributed by atoms with Crippen molar-refractivity contribution in [3.05, 3.63) is 11.6 Å². The topological polar surface area (TPSA) is 44.4 Å². The van der Waals surface area contributed by atoms with Gasteiger partial charge in [0.15, 0.2) is 0 Å². The average molecular weight is 490 g/mol. The summed E-state index contributed by atoms with van der Waals surface area (Å²) in [5.74, 6) is 3.99. The molecule has 5 aliphatic carbocycles. The predicted molar refractivity (Wildman–Crippen MR) is 141 cm³/mol. The van der Waals surface area contributed by atoms with Gasteiger partial charge in [-0.1, -0.05) is 39.3 Å². The minimum atomic E-state index is -0.111. The lowest BCUT2D eigenvalue weighted by atomic mass is 9.53. The lowest BCUT2D eigenvalue weighted by Gasteiger charge is -2.57. The van der Waals surface area contributed by atoms with E-state index in [0.29, 0.717) is 22.7 Å². The van der Waals surface area contributed by atoms with Crippen LogP contribution in [0.25, 0.3) is 0 Å². The van der Waals surface area contributed by atoms with Gasteiger partial charge in [-0.25, -0.2) is 0 Å². The zero-order valence-electron chi connectivity index (χ0n) is 22.0. The highest BCUT2D eigenvalue weighted by Gasteiger charge is 2.50. The van der Waals surface area contributed by atoms with Gasteiger partial charge in [0.2, 0.25) is 5.91 Å². The molecule has 1 amide bonds. The molecule has 0 aromatic heterocycles. The van der Waals surface area contributed by atoms with Gasteiger partial charge in [-0.05, 0) is 99.2 Å². The van der Waals surface area contributed by atoms with Crippen LogP contribution in [0.1, 0.15) is 91.9 Å². The fourth-order valence-electron chi connectivity index (χ4n) is 8.85. The van der Waals surface area contributed by atoms with E-state index in [1.807, 2.05) is 0 Å². The molecule has 192 valence electrons. The van der Waals surface area contributed by atoms with Crippen molar-refractivity contribution in [1.82, 2.24) is 15.5 Å². The molecule has 0 spiro atoms. The highest BCUT2D eigenvalue weighted by molar-refractivity contribution is 6.20. The highest BCUT2D eigenvalue weighted by Crippen LogP contribution is 2.55. The third-order valence-electron chi connectivity index (χ3n) is 10.1. The van der Waals surface area contributed by atoms with E-state index in [1.54, 1.807) is 5.57 Å². The first kappa shape index (κ1) is 25.1. The van der Waals surface area contributed by atoms with Gasteiger partial charge in [0.05, 0.1) is 6.04 Å². The van der Waals surface area contributed by atoms with Gasteiger partial charge in [-0.3, -0.25) is 15.4 Å². The Morgan fingerprint density at radius 2 is 1.76 bits per heavy atom. The Bertz CT molecular complexity index is 755. The minimum Gasteiger partial charge on any atom is -0.341 e. The number of allylic oxidation sites excluding steroid dienone is 2. The van der Waals surface area contributed by atoms with Crippen LogP contribution in [0.5, 0.6) is 0 Å². The van der Waals surface area contributed by atoms with Crippen molar-refractivity contribution < 1.29 is 4.79 Å². The first-order chi connectivity index (χ1) is 16.1. The third-order valence-corrected chi connectivity index (χ3v) is 10.5. The molecule has 4 bridgehead atoms. The molecular formula is C29H48ClN3O. The van der Waals surface area contributed by atoms with E-state index in [1.165, 1.54) is 38.5 Å². The molecule has 6 rings (SSSR count). The molecule has 1 saturated heterocycles. The predicted octanol–water partition coefficient (Wildman–Crippen LogP) is 5.71. The number of hydrogen-bond acceptors (Lipinski definition) is 3. The Hall–Kier alpha value is -0.580. The number of alkyl halides is 1. The standard InChI is InChI=1S/C29H48ClN3O/c1-19(2)26(31-18-32-29-14-20-11-21(15-29)13-22(12-20)16-29)27(34)33-10-9-25(28(3,4)17-33)23-5-7-24(30)8-6-23/h5,19-22,24-26,31-32H,6-18H2,1-4H3/t20?,21?,22?,24?,25?,26-,29?/m1/s1. The van der Waals surface area contributed by atoms with Gasteiger partial charge in [-0.15, -0.1) is 11.6 Å². The number of likely N-dealkylation sites (tertiary alicyclic amines) is 1. The molecule has 1 heterocycles. The van der Waals surface area contributed by atoms with Gasteiger partial charge in [0.1, 0.15) is 0 Å².